The Balaban J connectivity index is 1.45. The normalized spacial score (nSPS) is 11.3. The van der Waals surface area contributed by atoms with Gasteiger partial charge in [-0.2, -0.15) is 9.78 Å². The van der Waals surface area contributed by atoms with Crippen LogP contribution in [0.4, 0.5) is 20.7 Å². The number of para-hydroxylation sites is 1. The van der Waals surface area contributed by atoms with E-state index in [2.05, 4.69) is 31.2 Å². The second kappa shape index (κ2) is 12.1. The quantitative estimate of drug-likeness (QED) is 0.180. The molecule has 0 unspecified atom stereocenters. The summed E-state index contributed by atoms with van der Waals surface area (Å²) in [7, 11) is 0. The average Bonchev–Trinajstić information content (AvgIpc) is 3.69. The molecule has 5 rings (SSSR count). The van der Waals surface area contributed by atoms with Crippen molar-refractivity contribution < 1.29 is 28.3 Å². The molecule has 0 aliphatic heterocycles. The highest BCUT2D eigenvalue weighted by molar-refractivity contribution is 7.20. The van der Waals surface area contributed by atoms with Crippen LogP contribution in [0.2, 0.25) is 0 Å². The summed E-state index contributed by atoms with van der Waals surface area (Å²) in [5.41, 5.74) is 0.417. The lowest BCUT2D eigenvalue weighted by molar-refractivity contribution is 0.0913. The number of ether oxygens (including phenoxy) is 1. The molecule has 12 nitrogen and oxygen atoms in total. The Kier molecular flexibility index (Phi) is 8.27. The number of amides is 3. The molecular weight excluding hydrogens is 589 g/mol. The van der Waals surface area contributed by atoms with E-state index in [1.165, 1.54) is 18.2 Å². The highest BCUT2D eigenvalue weighted by Gasteiger charge is 2.29. The van der Waals surface area contributed by atoms with Gasteiger partial charge in [-0.25, -0.2) is 9.18 Å². The third kappa shape index (κ3) is 6.06. The van der Waals surface area contributed by atoms with Crippen molar-refractivity contribution in [1.82, 2.24) is 25.3 Å². The van der Waals surface area contributed by atoms with E-state index in [0.717, 1.165) is 16.0 Å². The Labute approximate surface area is 254 Å². The summed E-state index contributed by atoms with van der Waals surface area (Å²) in [6, 6.07) is 15.5. The van der Waals surface area contributed by atoms with Crippen molar-refractivity contribution in [3.05, 3.63) is 93.9 Å². The number of anilines is 2. The Bertz CT molecular complexity index is 1910. The largest absolute Gasteiger partial charge is 0.448 e. The molecule has 0 radical (unpaired) electrons. The van der Waals surface area contributed by atoms with Crippen LogP contribution in [0.15, 0.2) is 60.7 Å². The van der Waals surface area contributed by atoms with Gasteiger partial charge >= 0.3 is 6.09 Å². The van der Waals surface area contributed by atoms with Gasteiger partial charge < -0.3 is 20.7 Å². The third-order valence-electron chi connectivity index (χ3n) is 6.59. The van der Waals surface area contributed by atoms with E-state index in [0.29, 0.717) is 16.6 Å². The van der Waals surface area contributed by atoms with E-state index in [-0.39, 0.29) is 39.1 Å². The monoisotopic (exact) mass is 617 g/mol. The fourth-order valence-electron chi connectivity index (χ4n) is 4.49. The summed E-state index contributed by atoms with van der Waals surface area (Å²) in [6.07, 6.45) is -0.805. The molecule has 4 N–H and O–H groups in total. The highest BCUT2D eigenvalue weighted by atomic mass is 32.1. The molecule has 0 saturated carbocycles. The molecular formula is C30H28FN7O5S. The Morgan fingerprint density at radius 2 is 1.73 bits per heavy atom. The molecule has 226 valence electrons. The Morgan fingerprint density at radius 1 is 1.00 bits per heavy atom. The zero-order chi connectivity index (χ0) is 31.6. The second-order valence-corrected chi connectivity index (χ2v) is 11.3. The summed E-state index contributed by atoms with van der Waals surface area (Å²) >= 11 is 0.957. The molecule has 0 bridgehead atoms. The zero-order valence-electron chi connectivity index (χ0n) is 24.1. The minimum Gasteiger partial charge on any atom is -0.448 e. The number of thiophene rings is 1. The predicted octanol–water partition coefficient (Wildman–Crippen LogP) is 5.44. The molecule has 3 amide bonds. The van der Waals surface area contributed by atoms with E-state index in [4.69, 9.17) is 4.74 Å². The highest BCUT2D eigenvalue weighted by Crippen LogP contribution is 2.33. The number of benzene rings is 2. The lowest BCUT2D eigenvalue weighted by atomic mass is 9.93. The van der Waals surface area contributed by atoms with E-state index in [1.807, 2.05) is 0 Å². The number of carbonyl (C=O) groups is 4. The molecule has 3 heterocycles. The minimum absolute atomic E-state index is 0.00854. The van der Waals surface area contributed by atoms with E-state index in [1.54, 1.807) is 70.2 Å². The number of hydrogen-bond donors (Lipinski definition) is 4. The maximum Gasteiger partial charge on any atom is 0.436 e. The summed E-state index contributed by atoms with van der Waals surface area (Å²) in [5.74, 6) is -2.14. The van der Waals surface area contributed by atoms with Crippen molar-refractivity contribution in [3.63, 3.8) is 0 Å². The van der Waals surface area contributed by atoms with Crippen LogP contribution in [-0.2, 0) is 10.3 Å². The van der Waals surface area contributed by atoms with Gasteiger partial charge in [0.05, 0.1) is 33.7 Å². The fraction of sp³-hybridized carbons (Fsp3) is 0.200. The van der Waals surface area contributed by atoms with Gasteiger partial charge in [0.2, 0.25) is 0 Å². The topological polar surface area (TPSA) is 160 Å². The van der Waals surface area contributed by atoms with E-state index in [9.17, 15) is 23.6 Å². The van der Waals surface area contributed by atoms with Crippen LogP contribution in [0.5, 0.6) is 0 Å². The first kappa shape index (κ1) is 30.1. The van der Waals surface area contributed by atoms with E-state index < -0.39 is 35.2 Å². The number of carbonyl (C=O) groups excluding carboxylic acids is 4. The second-order valence-electron chi connectivity index (χ2n) is 10.2. The summed E-state index contributed by atoms with van der Waals surface area (Å²) < 4.78 is 20.6. The van der Waals surface area contributed by atoms with Gasteiger partial charge in [-0.15, -0.1) is 16.4 Å². The van der Waals surface area contributed by atoms with Gasteiger partial charge in [0.15, 0.2) is 11.5 Å². The van der Waals surface area contributed by atoms with E-state index >= 15 is 0 Å². The van der Waals surface area contributed by atoms with Crippen LogP contribution < -0.4 is 16.0 Å². The maximum absolute atomic E-state index is 14.5. The maximum atomic E-state index is 14.5. The van der Waals surface area contributed by atoms with Crippen LogP contribution >= 0.6 is 11.3 Å². The number of aromatic nitrogens is 4. The van der Waals surface area contributed by atoms with Gasteiger partial charge in [-0.05, 0) is 58.0 Å². The van der Waals surface area contributed by atoms with Gasteiger partial charge in [0, 0.05) is 11.3 Å². The molecule has 3 aromatic heterocycles. The van der Waals surface area contributed by atoms with Crippen LogP contribution in [-0.4, -0.2) is 50.4 Å². The molecule has 0 fully saturated rings. The number of halogens is 1. The number of fused-ring (bicyclic) bond motifs is 1. The lowest BCUT2D eigenvalue weighted by Gasteiger charge is -2.27. The molecule has 0 atom stereocenters. The van der Waals surface area contributed by atoms with Gasteiger partial charge in [-0.3, -0.25) is 19.5 Å². The number of rotatable bonds is 8. The van der Waals surface area contributed by atoms with Gasteiger partial charge in [0.1, 0.15) is 10.6 Å². The number of aromatic amines is 1. The van der Waals surface area contributed by atoms with Crippen molar-refractivity contribution >= 4 is 56.9 Å². The van der Waals surface area contributed by atoms with Crippen molar-refractivity contribution in [2.24, 2.45) is 0 Å². The molecule has 44 heavy (non-hydrogen) atoms. The Morgan fingerprint density at radius 3 is 2.43 bits per heavy atom. The number of nitrogens with zero attached hydrogens (tertiary/aromatic N) is 3. The average molecular weight is 618 g/mol. The first-order valence-corrected chi connectivity index (χ1v) is 14.3. The molecule has 0 aliphatic rings. The molecule has 0 aliphatic carbocycles. The Hall–Kier alpha value is -5.37. The predicted molar refractivity (Wildman–Crippen MR) is 163 cm³/mol. The molecule has 14 heteroatoms. The van der Waals surface area contributed by atoms with Crippen LogP contribution in [0.25, 0.3) is 10.2 Å². The fourth-order valence-corrected chi connectivity index (χ4v) is 5.48. The first-order chi connectivity index (χ1) is 21.0. The van der Waals surface area contributed by atoms with Crippen molar-refractivity contribution in [1.29, 1.82) is 0 Å². The third-order valence-corrected chi connectivity index (χ3v) is 7.70. The lowest BCUT2D eigenvalue weighted by Crippen LogP contribution is -2.41. The summed E-state index contributed by atoms with van der Waals surface area (Å²) in [5, 5.41) is 19.4. The summed E-state index contributed by atoms with van der Waals surface area (Å²) in [6.45, 7) is 6.80. The number of hydrogen-bond acceptors (Lipinski definition) is 8. The van der Waals surface area contributed by atoms with Gasteiger partial charge in [0.25, 0.3) is 17.7 Å². The minimum atomic E-state index is -1.06. The number of H-pyrrole nitrogens is 1. The number of nitrogens with one attached hydrogen (secondary N) is 4. The molecule has 0 saturated heterocycles. The van der Waals surface area contributed by atoms with Crippen molar-refractivity contribution in [3.8, 4) is 0 Å². The number of aryl methyl sites for hydroxylation is 1. The van der Waals surface area contributed by atoms with Crippen LogP contribution in [0.1, 0.15) is 62.5 Å². The van der Waals surface area contributed by atoms with Crippen molar-refractivity contribution in [2.45, 2.75) is 33.2 Å². The molecule has 5 aromatic rings. The van der Waals surface area contributed by atoms with Crippen molar-refractivity contribution in [2.75, 3.05) is 17.2 Å². The molecule has 0 spiro atoms. The van der Waals surface area contributed by atoms with Crippen LogP contribution in [0.3, 0.4) is 0 Å². The smallest absolute Gasteiger partial charge is 0.436 e. The SMILES string of the molecule is CCOC(=O)n1nc(NC(=O)c2ccccc2NC(=O)c2cc(C)[nH]n2)c2cc(C(=O)NC(C)(C)c3ccccc3F)sc21. The van der Waals surface area contributed by atoms with Crippen LogP contribution in [0, 0.1) is 12.7 Å². The molecule has 2 aromatic carbocycles. The standard InChI is InChI=1S/C30H28FN7O5S/c1-5-43-29(42)38-28-18(15-23(44-28)27(41)34-30(3,4)19-11-7-8-12-20(19)31)24(37-38)33-25(39)17-10-6-9-13-21(17)32-26(40)22-14-16(2)35-36-22/h6-15H,5H2,1-4H3,(H,32,40)(H,34,41)(H,35,36)(H,33,37,39). The van der Waals surface area contributed by atoms with Gasteiger partial charge in [-0.1, -0.05) is 30.3 Å². The summed E-state index contributed by atoms with van der Waals surface area (Å²) in [4.78, 5) is 52.7. The first-order valence-electron chi connectivity index (χ1n) is 13.5. The zero-order valence-corrected chi connectivity index (χ0v) is 25.0.